The molecule has 2 heteroatoms. The molecule has 2 nitrogen and oxygen atoms in total. The van der Waals surface area contributed by atoms with E-state index in [0.29, 0.717) is 0 Å². The lowest BCUT2D eigenvalue weighted by molar-refractivity contribution is 0.505. The molecule has 0 aliphatic heterocycles. The Bertz CT molecular complexity index is 946. The van der Waals surface area contributed by atoms with Gasteiger partial charge in [-0.1, -0.05) is 91.9 Å². The lowest BCUT2D eigenvalue weighted by Crippen LogP contribution is -1.93. The number of benzene rings is 3. The Hall–Kier alpha value is -3.13. The first-order chi connectivity index (χ1) is 13.3. The topological polar surface area (TPSA) is 26.0 Å². The number of nitrogens with zero attached hydrogens (tertiary/aromatic N) is 1. The van der Waals surface area contributed by atoms with Crippen molar-refractivity contribution in [3.8, 4) is 22.6 Å². The molecule has 134 valence electrons. The third-order valence-electron chi connectivity index (χ3n) is 4.78. The maximum Gasteiger partial charge on any atom is 0.195 e. The SMILES string of the molecule is CCc1cccc(CCc2nc(-c3ccccc3)c(-c3ccccc3)o2)c1. The summed E-state index contributed by atoms with van der Waals surface area (Å²) in [6, 6.07) is 29.2. The Labute approximate surface area is 160 Å². The molecule has 0 atom stereocenters. The van der Waals surface area contributed by atoms with Gasteiger partial charge < -0.3 is 4.42 Å². The van der Waals surface area contributed by atoms with Crippen LogP contribution in [0.4, 0.5) is 0 Å². The van der Waals surface area contributed by atoms with E-state index >= 15 is 0 Å². The summed E-state index contributed by atoms with van der Waals surface area (Å²) in [6.45, 7) is 2.19. The van der Waals surface area contributed by atoms with Gasteiger partial charge in [-0.05, 0) is 24.0 Å². The minimum absolute atomic E-state index is 0.787. The normalized spacial score (nSPS) is 10.9. The van der Waals surface area contributed by atoms with Crippen molar-refractivity contribution < 1.29 is 4.42 Å². The van der Waals surface area contributed by atoms with Crippen LogP contribution >= 0.6 is 0 Å². The number of aryl methyl sites for hydroxylation is 3. The number of oxazole rings is 1. The molecule has 1 heterocycles. The van der Waals surface area contributed by atoms with E-state index in [1.165, 1.54) is 11.1 Å². The van der Waals surface area contributed by atoms with Gasteiger partial charge in [0.2, 0.25) is 0 Å². The van der Waals surface area contributed by atoms with Crippen LogP contribution < -0.4 is 0 Å². The van der Waals surface area contributed by atoms with Crippen molar-refractivity contribution in [2.24, 2.45) is 0 Å². The Morgan fingerprint density at radius 1 is 0.704 bits per heavy atom. The lowest BCUT2D eigenvalue weighted by Gasteiger charge is -2.02. The van der Waals surface area contributed by atoms with Crippen molar-refractivity contribution in [1.82, 2.24) is 4.98 Å². The van der Waals surface area contributed by atoms with Crippen molar-refractivity contribution in [3.05, 3.63) is 102 Å². The zero-order valence-corrected chi connectivity index (χ0v) is 15.6. The fourth-order valence-corrected chi connectivity index (χ4v) is 3.30. The van der Waals surface area contributed by atoms with E-state index in [0.717, 1.165) is 47.7 Å². The summed E-state index contributed by atoms with van der Waals surface area (Å²) < 4.78 is 6.22. The van der Waals surface area contributed by atoms with Crippen LogP contribution in [0.2, 0.25) is 0 Å². The van der Waals surface area contributed by atoms with E-state index in [-0.39, 0.29) is 0 Å². The van der Waals surface area contributed by atoms with E-state index in [4.69, 9.17) is 9.40 Å². The van der Waals surface area contributed by atoms with Gasteiger partial charge in [0.05, 0.1) is 0 Å². The molecule has 4 aromatic rings. The van der Waals surface area contributed by atoms with Crippen LogP contribution in [0.3, 0.4) is 0 Å². The summed E-state index contributed by atoms with van der Waals surface area (Å²) in [7, 11) is 0. The zero-order chi connectivity index (χ0) is 18.5. The van der Waals surface area contributed by atoms with Crippen LogP contribution in [0.5, 0.6) is 0 Å². The molecule has 0 radical (unpaired) electrons. The van der Waals surface area contributed by atoms with Gasteiger partial charge in [0.25, 0.3) is 0 Å². The van der Waals surface area contributed by atoms with Crippen molar-refractivity contribution in [2.45, 2.75) is 26.2 Å². The van der Waals surface area contributed by atoms with Crippen LogP contribution in [0.1, 0.15) is 23.9 Å². The summed E-state index contributed by atoms with van der Waals surface area (Å²) in [5, 5.41) is 0. The summed E-state index contributed by atoms with van der Waals surface area (Å²) in [4.78, 5) is 4.85. The first-order valence-electron chi connectivity index (χ1n) is 9.52. The Kier molecular flexibility index (Phi) is 5.15. The van der Waals surface area contributed by atoms with Crippen molar-refractivity contribution >= 4 is 0 Å². The fourth-order valence-electron chi connectivity index (χ4n) is 3.30. The molecule has 0 fully saturated rings. The monoisotopic (exact) mass is 353 g/mol. The Morgan fingerprint density at radius 2 is 1.37 bits per heavy atom. The van der Waals surface area contributed by atoms with Gasteiger partial charge in [0.15, 0.2) is 11.7 Å². The molecule has 0 saturated heterocycles. The quantitative estimate of drug-likeness (QED) is 0.403. The largest absolute Gasteiger partial charge is 0.440 e. The first kappa shape index (κ1) is 17.3. The van der Waals surface area contributed by atoms with E-state index in [1.54, 1.807) is 0 Å². The van der Waals surface area contributed by atoms with Gasteiger partial charge in [-0.3, -0.25) is 0 Å². The molecule has 0 N–H and O–H groups in total. The van der Waals surface area contributed by atoms with Crippen LogP contribution in [0, 0.1) is 0 Å². The summed E-state index contributed by atoms with van der Waals surface area (Å²) in [5.41, 5.74) is 5.76. The molecule has 4 rings (SSSR count). The van der Waals surface area contributed by atoms with E-state index in [9.17, 15) is 0 Å². The van der Waals surface area contributed by atoms with Crippen LogP contribution in [-0.2, 0) is 19.3 Å². The highest BCUT2D eigenvalue weighted by Crippen LogP contribution is 2.32. The van der Waals surface area contributed by atoms with Gasteiger partial charge in [0.1, 0.15) is 5.69 Å². The molecule has 0 aliphatic carbocycles. The van der Waals surface area contributed by atoms with Crippen LogP contribution in [0.25, 0.3) is 22.6 Å². The molecule has 0 saturated carbocycles. The fraction of sp³-hybridized carbons (Fsp3) is 0.160. The number of hydrogen-bond acceptors (Lipinski definition) is 2. The second kappa shape index (κ2) is 8.05. The minimum Gasteiger partial charge on any atom is -0.440 e. The van der Waals surface area contributed by atoms with E-state index in [1.807, 2.05) is 36.4 Å². The van der Waals surface area contributed by atoms with Crippen LogP contribution in [0.15, 0.2) is 89.3 Å². The second-order valence-corrected chi connectivity index (χ2v) is 6.69. The van der Waals surface area contributed by atoms with E-state index < -0.39 is 0 Å². The van der Waals surface area contributed by atoms with Gasteiger partial charge in [-0.25, -0.2) is 4.98 Å². The van der Waals surface area contributed by atoms with Gasteiger partial charge in [0, 0.05) is 17.5 Å². The second-order valence-electron chi connectivity index (χ2n) is 6.69. The number of hydrogen-bond donors (Lipinski definition) is 0. The maximum atomic E-state index is 6.22. The summed E-state index contributed by atoms with van der Waals surface area (Å²) in [6.07, 6.45) is 2.78. The van der Waals surface area contributed by atoms with Gasteiger partial charge in [-0.2, -0.15) is 0 Å². The van der Waals surface area contributed by atoms with E-state index in [2.05, 4.69) is 55.5 Å². The molecule has 0 amide bonds. The molecule has 0 aliphatic rings. The third-order valence-corrected chi connectivity index (χ3v) is 4.78. The highest BCUT2D eigenvalue weighted by molar-refractivity contribution is 5.76. The Balaban J connectivity index is 1.65. The first-order valence-corrected chi connectivity index (χ1v) is 9.52. The summed E-state index contributed by atoms with van der Waals surface area (Å²) >= 11 is 0. The Morgan fingerprint density at radius 3 is 2.07 bits per heavy atom. The maximum absolute atomic E-state index is 6.22. The zero-order valence-electron chi connectivity index (χ0n) is 15.6. The number of aromatic nitrogens is 1. The number of rotatable bonds is 6. The standard InChI is InChI=1S/C25H23NO/c1-2-19-10-9-11-20(18-19)16-17-23-26-24(21-12-5-3-6-13-21)25(27-23)22-14-7-4-8-15-22/h3-15,18H,2,16-17H2,1H3. The van der Waals surface area contributed by atoms with Crippen molar-refractivity contribution in [2.75, 3.05) is 0 Å². The van der Waals surface area contributed by atoms with Crippen molar-refractivity contribution in [3.63, 3.8) is 0 Å². The third kappa shape index (κ3) is 4.01. The molecule has 0 spiro atoms. The highest BCUT2D eigenvalue weighted by Gasteiger charge is 2.16. The summed E-state index contributed by atoms with van der Waals surface area (Å²) in [5.74, 6) is 1.63. The molecular weight excluding hydrogens is 330 g/mol. The minimum atomic E-state index is 0.787. The average molecular weight is 353 g/mol. The molecule has 1 aromatic heterocycles. The lowest BCUT2D eigenvalue weighted by atomic mass is 10.1. The molecule has 27 heavy (non-hydrogen) atoms. The molecular formula is C25H23NO. The van der Waals surface area contributed by atoms with Crippen LogP contribution in [-0.4, -0.2) is 4.98 Å². The molecule has 0 unspecified atom stereocenters. The van der Waals surface area contributed by atoms with Gasteiger partial charge >= 0.3 is 0 Å². The highest BCUT2D eigenvalue weighted by atomic mass is 16.4. The predicted octanol–water partition coefficient (Wildman–Crippen LogP) is 6.36. The molecule has 0 bridgehead atoms. The van der Waals surface area contributed by atoms with Crippen molar-refractivity contribution in [1.29, 1.82) is 0 Å². The molecule has 3 aromatic carbocycles. The predicted molar refractivity (Wildman–Crippen MR) is 111 cm³/mol. The average Bonchev–Trinajstić information content (AvgIpc) is 3.18. The van der Waals surface area contributed by atoms with Gasteiger partial charge in [-0.15, -0.1) is 0 Å². The smallest absolute Gasteiger partial charge is 0.195 e.